The number of rotatable bonds is 2. The molecule has 1 heterocycles. The van der Waals surface area contributed by atoms with Crippen LogP contribution in [0.2, 0.25) is 0 Å². The summed E-state index contributed by atoms with van der Waals surface area (Å²) in [7, 11) is 0. The second-order valence-electron chi connectivity index (χ2n) is 5.72. The summed E-state index contributed by atoms with van der Waals surface area (Å²) in [5.74, 6) is -3.02. The Morgan fingerprint density at radius 2 is 1.36 bits per heavy atom. The second-order valence-corrected chi connectivity index (χ2v) is 5.72. The molecule has 130 valence electrons. The minimum absolute atomic E-state index is 0.202. The normalized spacial score (nSPS) is 14.5. The average molecular weight is 348 g/mol. The third-order valence-electron chi connectivity index (χ3n) is 4.09. The Morgan fingerprint density at radius 1 is 0.760 bits per heavy atom. The minimum Gasteiger partial charge on any atom is -0.335 e. The first-order valence-electron chi connectivity index (χ1n) is 7.75. The van der Waals surface area contributed by atoms with Crippen molar-refractivity contribution in [2.24, 2.45) is 0 Å². The van der Waals surface area contributed by atoms with Crippen LogP contribution in [-0.2, 0) is 0 Å². The van der Waals surface area contributed by atoms with Gasteiger partial charge in [-0.3, -0.25) is 9.59 Å². The molecule has 0 atom stereocenters. The Balaban J connectivity index is 1.65. The number of nitrogens with zero attached hydrogens (tertiary/aromatic N) is 2. The van der Waals surface area contributed by atoms with Crippen molar-refractivity contribution in [3.8, 4) is 0 Å². The Labute approximate surface area is 142 Å². The van der Waals surface area contributed by atoms with Crippen LogP contribution >= 0.6 is 0 Å². The van der Waals surface area contributed by atoms with Gasteiger partial charge in [0, 0.05) is 37.8 Å². The van der Waals surface area contributed by atoms with E-state index < -0.39 is 23.4 Å². The van der Waals surface area contributed by atoms with Gasteiger partial charge in [0.1, 0.15) is 17.5 Å². The molecule has 3 rings (SSSR count). The molecular formula is C18H15F3N2O2. The Bertz CT molecular complexity index is 818. The van der Waals surface area contributed by atoms with E-state index in [0.717, 1.165) is 18.2 Å². The summed E-state index contributed by atoms with van der Waals surface area (Å²) < 4.78 is 39.9. The SMILES string of the molecule is O=C(c1cccc(F)c1)N1CCN(C(=O)c2ccc(F)cc2F)CC1. The first-order chi connectivity index (χ1) is 12.0. The topological polar surface area (TPSA) is 40.6 Å². The fraction of sp³-hybridized carbons (Fsp3) is 0.222. The highest BCUT2D eigenvalue weighted by atomic mass is 19.1. The van der Waals surface area contributed by atoms with Crippen LogP contribution < -0.4 is 0 Å². The number of benzene rings is 2. The summed E-state index contributed by atoms with van der Waals surface area (Å²) in [6.45, 7) is 0.946. The third kappa shape index (κ3) is 3.65. The first kappa shape index (κ1) is 17.0. The second kappa shape index (κ2) is 6.96. The van der Waals surface area contributed by atoms with Crippen molar-refractivity contribution in [1.82, 2.24) is 9.80 Å². The monoisotopic (exact) mass is 348 g/mol. The molecule has 0 unspecified atom stereocenters. The van der Waals surface area contributed by atoms with Gasteiger partial charge in [-0.05, 0) is 30.3 Å². The molecule has 2 amide bonds. The van der Waals surface area contributed by atoms with Crippen molar-refractivity contribution in [3.05, 3.63) is 71.0 Å². The van der Waals surface area contributed by atoms with E-state index in [4.69, 9.17) is 0 Å². The number of amides is 2. The molecule has 1 aliphatic heterocycles. The molecule has 7 heteroatoms. The van der Waals surface area contributed by atoms with E-state index in [1.165, 1.54) is 28.0 Å². The summed E-state index contributed by atoms with van der Waals surface area (Å²) >= 11 is 0. The Hall–Kier alpha value is -2.83. The summed E-state index contributed by atoms with van der Waals surface area (Å²) in [6, 6.07) is 8.20. The van der Waals surface area contributed by atoms with Crippen LogP contribution in [0.3, 0.4) is 0 Å². The highest BCUT2D eigenvalue weighted by Crippen LogP contribution is 2.15. The van der Waals surface area contributed by atoms with Crippen LogP contribution in [0.4, 0.5) is 13.2 Å². The van der Waals surface area contributed by atoms with Crippen LogP contribution in [0.15, 0.2) is 42.5 Å². The van der Waals surface area contributed by atoms with Gasteiger partial charge in [0.15, 0.2) is 0 Å². The van der Waals surface area contributed by atoms with E-state index in [1.54, 1.807) is 0 Å². The quantitative estimate of drug-likeness (QED) is 0.837. The van der Waals surface area contributed by atoms with Crippen LogP contribution in [0.5, 0.6) is 0 Å². The van der Waals surface area contributed by atoms with Gasteiger partial charge in [-0.25, -0.2) is 13.2 Å². The molecular weight excluding hydrogens is 333 g/mol. The minimum atomic E-state index is -0.914. The lowest BCUT2D eigenvalue weighted by Crippen LogP contribution is -2.50. The molecule has 2 aromatic carbocycles. The van der Waals surface area contributed by atoms with Gasteiger partial charge < -0.3 is 9.80 Å². The molecule has 2 aromatic rings. The van der Waals surface area contributed by atoms with Gasteiger partial charge in [0.25, 0.3) is 11.8 Å². The van der Waals surface area contributed by atoms with Crippen LogP contribution in [0.1, 0.15) is 20.7 Å². The zero-order chi connectivity index (χ0) is 18.0. The molecule has 4 nitrogen and oxygen atoms in total. The van der Waals surface area contributed by atoms with E-state index >= 15 is 0 Å². The Morgan fingerprint density at radius 3 is 1.96 bits per heavy atom. The van der Waals surface area contributed by atoms with Crippen molar-refractivity contribution in [2.45, 2.75) is 0 Å². The van der Waals surface area contributed by atoms with E-state index in [9.17, 15) is 22.8 Å². The molecule has 0 spiro atoms. The van der Waals surface area contributed by atoms with E-state index in [1.807, 2.05) is 0 Å². The van der Waals surface area contributed by atoms with Crippen LogP contribution in [0.25, 0.3) is 0 Å². The molecule has 1 aliphatic rings. The van der Waals surface area contributed by atoms with Gasteiger partial charge in [-0.1, -0.05) is 6.07 Å². The van der Waals surface area contributed by atoms with Crippen molar-refractivity contribution < 1.29 is 22.8 Å². The fourth-order valence-electron chi connectivity index (χ4n) is 2.75. The van der Waals surface area contributed by atoms with Crippen LogP contribution in [0, 0.1) is 17.5 Å². The molecule has 0 bridgehead atoms. The largest absolute Gasteiger partial charge is 0.335 e. The van der Waals surface area contributed by atoms with Crippen molar-refractivity contribution in [1.29, 1.82) is 0 Å². The van der Waals surface area contributed by atoms with E-state index in [-0.39, 0.29) is 43.2 Å². The van der Waals surface area contributed by atoms with E-state index in [2.05, 4.69) is 0 Å². The van der Waals surface area contributed by atoms with Gasteiger partial charge in [-0.2, -0.15) is 0 Å². The zero-order valence-electron chi connectivity index (χ0n) is 13.2. The smallest absolute Gasteiger partial charge is 0.256 e. The van der Waals surface area contributed by atoms with Gasteiger partial charge in [0.05, 0.1) is 5.56 Å². The molecule has 0 radical (unpaired) electrons. The molecule has 25 heavy (non-hydrogen) atoms. The molecule has 0 saturated carbocycles. The maximum absolute atomic E-state index is 13.7. The number of hydrogen-bond acceptors (Lipinski definition) is 2. The lowest BCUT2D eigenvalue weighted by atomic mass is 10.1. The molecule has 0 aliphatic carbocycles. The molecule has 1 saturated heterocycles. The highest BCUT2D eigenvalue weighted by molar-refractivity contribution is 5.96. The lowest BCUT2D eigenvalue weighted by molar-refractivity contribution is 0.0532. The number of carbonyl (C=O) groups excluding carboxylic acids is 2. The predicted octanol–water partition coefficient (Wildman–Crippen LogP) is 2.70. The van der Waals surface area contributed by atoms with Gasteiger partial charge in [0.2, 0.25) is 0 Å². The maximum atomic E-state index is 13.7. The Kier molecular flexibility index (Phi) is 4.74. The average Bonchev–Trinajstić information content (AvgIpc) is 2.61. The zero-order valence-corrected chi connectivity index (χ0v) is 13.2. The summed E-state index contributed by atoms with van der Waals surface area (Å²) in [4.78, 5) is 27.6. The molecule has 1 fully saturated rings. The molecule has 0 N–H and O–H groups in total. The van der Waals surface area contributed by atoms with E-state index in [0.29, 0.717) is 6.07 Å². The first-order valence-corrected chi connectivity index (χ1v) is 7.75. The predicted molar refractivity (Wildman–Crippen MR) is 84.6 cm³/mol. The standard InChI is InChI=1S/C18H15F3N2O2/c19-13-3-1-2-12(10-13)17(24)22-6-8-23(9-7-22)18(25)15-5-4-14(20)11-16(15)21/h1-5,10-11H,6-9H2. The summed E-state index contributed by atoms with van der Waals surface area (Å²) in [6.07, 6.45) is 0. The third-order valence-corrected chi connectivity index (χ3v) is 4.09. The number of carbonyl (C=O) groups is 2. The van der Waals surface area contributed by atoms with Crippen molar-refractivity contribution >= 4 is 11.8 Å². The summed E-state index contributed by atoms with van der Waals surface area (Å²) in [5.41, 5.74) is 0.0377. The van der Waals surface area contributed by atoms with Crippen molar-refractivity contribution in [3.63, 3.8) is 0 Å². The molecule has 0 aromatic heterocycles. The van der Waals surface area contributed by atoms with Gasteiger partial charge in [-0.15, -0.1) is 0 Å². The van der Waals surface area contributed by atoms with Crippen LogP contribution in [-0.4, -0.2) is 47.8 Å². The highest BCUT2D eigenvalue weighted by Gasteiger charge is 2.27. The number of piperazine rings is 1. The lowest BCUT2D eigenvalue weighted by Gasteiger charge is -2.35. The van der Waals surface area contributed by atoms with Gasteiger partial charge >= 0.3 is 0 Å². The summed E-state index contributed by atoms with van der Waals surface area (Å²) in [5, 5.41) is 0. The number of hydrogen-bond donors (Lipinski definition) is 0. The van der Waals surface area contributed by atoms with Crippen molar-refractivity contribution in [2.75, 3.05) is 26.2 Å². The number of halogens is 3. The fourth-order valence-corrected chi connectivity index (χ4v) is 2.75. The maximum Gasteiger partial charge on any atom is 0.256 e.